The Hall–Kier alpha value is -3.98. The minimum Gasteiger partial charge on any atom is -0.467 e. The Morgan fingerprint density at radius 1 is 1.05 bits per heavy atom. The number of carbonyl (C=O) groups is 4. The number of epoxide rings is 1. The molecule has 206 valence electrons. The number of benzene rings is 2. The molecule has 0 spiro atoms. The van der Waals surface area contributed by atoms with E-state index in [2.05, 4.69) is 10.6 Å². The Morgan fingerprint density at radius 3 is 2.36 bits per heavy atom. The van der Waals surface area contributed by atoms with Gasteiger partial charge in [-0.15, -0.1) is 0 Å². The number of nitrogens with zero attached hydrogens (tertiary/aromatic N) is 1. The lowest BCUT2D eigenvalue weighted by atomic mass is 10.0. The first-order valence-corrected chi connectivity index (χ1v) is 13.3. The topological polar surface area (TPSA) is 117 Å². The summed E-state index contributed by atoms with van der Waals surface area (Å²) in [6.45, 7) is 4.30. The molecule has 2 aromatic carbocycles. The highest BCUT2D eigenvalue weighted by Gasteiger charge is 2.50. The van der Waals surface area contributed by atoms with Gasteiger partial charge in [-0.25, -0.2) is 4.79 Å². The maximum Gasteiger partial charge on any atom is 0.328 e. The fraction of sp³-hybridized carbons (Fsp3) is 0.400. The highest BCUT2D eigenvalue weighted by atomic mass is 16.6. The van der Waals surface area contributed by atoms with Crippen molar-refractivity contribution in [2.75, 3.05) is 13.7 Å². The Labute approximate surface area is 228 Å². The number of rotatable bonds is 10. The lowest BCUT2D eigenvalue weighted by molar-refractivity contribution is -0.145. The molecule has 2 N–H and O–H groups in total. The van der Waals surface area contributed by atoms with E-state index >= 15 is 0 Å². The zero-order chi connectivity index (χ0) is 27.9. The largest absolute Gasteiger partial charge is 0.467 e. The molecule has 0 radical (unpaired) electrons. The van der Waals surface area contributed by atoms with E-state index in [0.717, 1.165) is 5.56 Å². The number of likely N-dealkylation sites (tertiary alicyclic amines) is 1. The number of ether oxygens (including phenoxy) is 2. The Balaban J connectivity index is 1.49. The predicted octanol–water partition coefficient (Wildman–Crippen LogP) is 2.98. The second-order valence-corrected chi connectivity index (χ2v) is 10.2. The van der Waals surface area contributed by atoms with E-state index < -0.39 is 36.0 Å². The lowest BCUT2D eigenvalue weighted by Gasteiger charge is -2.24. The molecule has 2 aliphatic rings. The van der Waals surface area contributed by atoms with Gasteiger partial charge in [-0.2, -0.15) is 0 Å². The van der Waals surface area contributed by atoms with Crippen molar-refractivity contribution >= 4 is 29.8 Å². The van der Waals surface area contributed by atoms with E-state index in [1.165, 1.54) is 12.0 Å². The van der Waals surface area contributed by atoms with Gasteiger partial charge in [0.2, 0.25) is 5.91 Å². The smallest absolute Gasteiger partial charge is 0.328 e. The van der Waals surface area contributed by atoms with Crippen LogP contribution < -0.4 is 10.6 Å². The van der Waals surface area contributed by atoms with Crippen LogP contribution in [0.15, 0.2) is 66.4 Å². The highest BCUT2D eigenvalue weighted by molar-refractivity contribution is 6.04. The van der Waals surface area contributed by atoms with Gasteiger partial charge in [0.25, 0.3) is 11.8 Å². The third-order valence-electron chi connectivity index (χ3n) is 6.81. The summed E-state index contributed by atoms with van der Waals surface area (Å²) in [5, 5.41) is 5.44. The summed E-state index contributed by atoms with van der Waals surface area (Å²) in [7, 11) is 1.27. The van der Waals surface area contributed by atoms with E-state index in [4.69, 9.17) is 9.47 Å². The minimum absolute atomic E-state index is 0.0204. The van der Waals surface area contributed by atoms with Crippen molar-refractivity contribution in [3.63, 3.8) is 0 Å². The SMILES string of the molecule is COC(=O)[C@H](CC(C)C)NC(=O)/C(=C/c1ccccc1)NC(=O)[C@@H]1CCCN1C(=O)[C@@H]1O[C@H]1c1ccccc1. The van der Waals surface area contributed by atoms with E-state index in [1.54, 1.807) is 18.2 Å². The molecule has 0 bridgehead atoms. The van der Waals surface area contributed by atoms with Crippen LogP contribution >= 0.6 is 0 Å². The van der Waals surface area contributed by atoms with Gasteiger partial charge in [0, 0.05) is 6.54 Å². The quantitative estimate of drug-likeness (QED) is 0.276. The minimum atomic E-state index is -0.870. The average molecular weight is 534 g/mol. The van der Waals surface area contributed by atoms with Crippen LogP contribution in [0.2, 0.25) is 0 Å². The third-order valence-corrected chi connectivity index (χ3v) is 6.81. The van der Waals surface area contributed by atoms with Crippen LogP contribution in [-0.4, -0.2) is 60.4 Å². The van der Waals surface area contributed by atoms with Crippen LogP contribution in [0.5, 0.6) is 0 Å². The number of amides is 3. The maximum atomic E-state index is 13.5. The van der Waals surface area contributed by atoms with Crippen LogP contribution in [0.3, 0.4) is 0 Å². The molecule has 39 heavy (non-hydrogen) atoms. The van der Waals surface area contributed by atoms with Crippen LogP contribution in [0.1, 0.15) is 50.3 Å². The number of hydrogen-bond donors (Lipinski definition) is 2. The normalized spacial score (nSPS) is 21.3. The fourth-order valence-corrected chi connectivity index (χ4v) is 4.82. The highest BCUT2D eigenvalue weighted by Crippen LogP contribution is 2.40. The fourth-order valence-electron chi connectivity index (χ4n) is 4.82. The van der Waals surface area contributed by atoms with Gasteiger partial charge >= 0.3 is 5.97 Å². The molecule has 4 atom stereocenters. The first-order chi connectivity index (χ1) is 18.8. The Kier molecular flexibility index (Phi) is 9.14. The van der Waals surface area contributed by atoms with Gasteiger partial charge in [-0.1, -0.05) is 74.5 Å². The first-order valence-electron chi connectivity index (χ1n) is 13.3. The lowest BCUT2D eigenvalue weighted by Crippen LogP contribution is -2.50. The van der Waals surface area contributed by atoms with Crippen molar-refractivity contribution in [1.82, 2.24) is 15.5 Å². The van der Waals surface area contributed by atoms with Gasteiger partial charge in [0.1, 0.15) is 23.9 Å². The molecule has 0 aliphatic carbocycles. The second kappa shape index (κ2) is 12.7. The van der Waals surface area contributed by atoms with Gasteiger partial charge in [-0.3, -0.25) is 14.4 Å². The zero-order valence-corrected chi connectivity index (χ0v) is 22.5. The monoisotopic (exact) mass is 533 g/mol. The molecule has 2 fully saturated rings. The van der Waals surface area contributed by atoms with Gasteiger partial charge in [0.05, 0.1) is 7.11 Å². The molecule has 2 aromatic rings. The molecule has 0 saturated carbocycles. The van der Waals surface area contributed by atoms with Crippen LogP contribution in [-0.2, 0) is 28.7 Å². The molecule has 3 amide bonds. The summed E-state index contributed by atoms with van der Waals surface area (Å²) < 4.78 is 10.5. The molecule has 2 heterocycles. The first kappa shape index (κ1) is 28.0. The van der Waals surface area contributed by atoms with Gasteiger partial charge in [0.15, 0.2) is 6.10 Å². The van der Waals surface area contributed by atoms with Crippen molar-refractivity contribution in [3.8, 4) is 0 Å². The average Bonchev–Trinajstić information content (AvgIpc) is 3.59. The summed E-state index contributed by atoms with van der Waals surface area (Å²) in [6, 6.07) is 17.0. The van der Waals surface area contributed by atoms with Gasteiger partial charge in [-0.05, 0) is 42.4 Å². The van der Waals surface area contributed by atoms with Crippen molar-refractivity contribution in [3.05, 3.63) is 77.5 Å². The van der Waals surface area contributed by atoms with E-state index in [1.807, 2.05) is 62.4 Å². The third kappa shape index (κ3) is 7.11. The molecule has 0 aromatic heterocycles. The molecular weight excluding hydrogens is 498 g/mol. The summed E-state index contributed by atoms with van der Waals surface area (Å²) in [6.07, 6.45) is 2.11. The maximum absolute atomic E-state index is 13.5. The van der Waals surface area contributed by atoms with Gasteiger partial charge < -0.3 is 25.0 Å². The van der Waals surface area contributed by atoms with Crippen LogP contribution in [0.4, 0.5) is 0 Å². The van der Waals surface area contributed by atoms with Crippen LogP contribution in [0, 0.1) is 5.92 Å². The summed E-state index contributed by atoms with van der Waals surface area (Å²) in [5.41, 5.74) is 1.59. The Morgan fingerprint density at radius 2 is 1.72 bits per heavy atom. The number of hydrogen-bond acceptors (Lipinski definition) is 6. The second-order valence-electron chi connectivity index (χ2n) is 10.2. The molecule has 2 aliphatic heterocycles. The molecular formula is C30H35N3O6. The van der Waals surface area contributed by atoms with Crippen molar-refractivity contribution < 1.29 is 28.7 Å². The van der Waals surface area contributed by atoms with Crippen molar-refractivity contribution in [2.24, 2.45) is 5.92 Å². The zero-order valence-electron chi connectivity index (χ0n) is 22.5. The number of esters is 1. The Bertz CT molecular complexity index is 1210. The van der Waals surface area contributed by atoms with Crippen LogP contribution in [0.25, 0.3) is 6.08 Å². The van der Waals surface area contributed by atoms with Crippen molar-refractivity contribution in [1.29, 1.82) is 0 Å². The molecule has 4 rings (SSSR count). The number of carbonyl (C=O) groups excluding carboxylic acids is 4. The predicted molar refractivity (Wildman–Crippen MR) is 145 cm³/mol. The molecule has 2 saturated heterocycles. The summed E-state index contributed by atoms with van der Waals surface area (Å²) in [5.74, 6) is -1.76. The summed E-state index contributed by atoms with van der Waals surface area (Å²) in [4.78, 5) is 53.9. The van der Waals surface area contributed by atoms with E-state index in [-0.39, 0.29) is 23.6 Å². The number of methoxy groups -OCH3 is 1. The van der Waals surface area contributed by atoms with E-state index in [0.29, 0.717) is 31.4 Å². The standard InChI is InChI=1S/C30H35N3O6/c1-19(2)17-23(30(37)38-3)32-27(34)22(18-20-11-6-4-7-12-20)31-28(35)24-15-10-16-33(24)29(36)26-25(39-26)21-13-8-5-9-14-21/h4-9,11-14,18-19,23-26H,10,15-17H2,1-3H3,(H,31,35)(H,32,34)/b22-18-/t23-,24-,25-,26+/m0/s1. The molecule has 9 nitrogen and oxygen atoms in total. The number of nitrogens with one attached hydrogen (secondary N) is 2. The summed E-state index contributed by atoms with van der Waals surface area (Å²) >= 11 is 0. The van der Waals surface area contributed by atoms with E-state index in [9.17, 15) is 19.2 Å². The molecule has 9 heteroatoms. The molecule has 0 unspecified atom stereocenters. The van der Waals surface area contributed by atoms with Crippen molar-refractivity contribution in [2.45, 2.75) is 57.4 Å².